The summed E-state index contributed by atoms with van der Waals surface area (Å²) in [4.78, 5) is 23.9. The van der Waals surface area contributed by atoms with Gasteiger partial charge in [-0.15, -0.1) is 0 Å². The molecule has 0 unspecified atom stereocenters. The Bertz CT molecular complexity index is 566. The number of nitrogens with one attached hydrogen (secondary N) is 2. The first-order valence-electron chi connectivity index (χ1n) is 8.99. The van der Waals surface area contributed by atoms with E-state index in [2.05, 4.69) is 10.6 Å². The Labute approximate surface area is 144 Å². The third-order valence-corrected chi connectivity index (χ3v) is 4.67. The van der Waals surface area contributed by atoms with Crippen LogP contribution in [0.2, 0.25) is 0 Å². The second-order valence-corrected chi connectivity index (χ2v) is 6.71. The van der Waals surface area contributed by atoms with Crippen LogP contribution in [0.1, 0.15) is 56.9 Å². The number of nitrogens with two attached hydrogens (primary N) is 1. The molecule has 0 aliphatic heterocycles. The van der Waals surface area contributed by atoms with Gasteiger partial charge in [0, 0.05) is 30.8 Å². The molecule has 1 aliphatic rings. The zero-order chi connectivity index (χ0) is 17.4. The number of carbonyl (C=O) groups is 2. The fourth-order valence-electron chi connectivity index (χ4n) is 3.21. The highest BCUT2D eigenvalue weighted by molar-refractivity contribution is 5.94. The molecule has 0 atom stereocenters. The molecular weight excluding hydrogens is 302 g/mol. The predicted molar refractivity (Wildman–Crippen MR) is 97.9 cm³/mol. The lowest BCUT2D eigenvalue weighted by Gasteiger charge is -2.21. The van der Waals surface area contributed by atoms with Gasteiger partial charge in [-0.05, 0) is 37.0 Å². The van der Waals surface area contributed by atoms with E-state index >= 15 is 0 Å². The molecule has 1 aromatic carbocycles. The molecular formula is C19H29N3O2. The first-order chi connectivity index (χ1) is 11.6. The highest BCUT2D eigenvalue weighted by Crippen LogP contribution is 2.27. The number of carbonyl (C=O) groups excluding carboxylic acids is 2. The Balaban J connectivity index is 1.86. The Hall–Kier alpha value is -1.88. The summed E-state index contributed by atoms with van der Waals surface area (Å²) in [6.45, 7) is 2.25. The summed E-state index contributed by atoms with van der Waals surface area (Å²) in [5, 5.41) is 5.78. The minimum atomic E-state index is -0.110. The Morgan fingerprint density at radius 2 is 1.79 bits per heavy atom. The van der Waals surface area contributed by atoms with Crippen molar-refractivity contribution in [3.05, 3.63) is 23.8 Å². The van der Waals surface area contributed by atoms with Gasteiger partial charge in [-0.25, -0.2) is 0 Å². The molecule has 1 saturated carbocycles. The molecule has 2 amide bonds. The highest BCUT2D eigenvalue weighted by Gasteiger charge is 2.15. The molecule has 1 fully saturated rings. The van der Waals surface area contributed by atoms with Crippen LogP contribution < -0.4 is 16.4 Å². The van der Waals surface area contributed by atoms with Crippen LogP contribution in [0.3, 0.4) is 0 Å². The monoisotopic (exact) mass is 331 g/mol. The summed E-state index contributed by atoms with van der Waals surface area (Å²) in [7, 11) is 0. The van der Waals surface area contributed by atoms with E-state index in [4.69, 9.17) is 5.73 Å². The smallest absolute Gasteiger partial charge is 0.225 e. The van der Waals surface area contributed by atoms with Gasteiger partial charge in [0.05, 0.1) is 0 Å². The van der Waals surface area contributed by atoms with E-state index in [0.717, 1.165) is 23.4 Å². The Morgan fingerprint density at radius 1 is 1.08 bits per heavy atom. The van der Waals surface area contributed by atoms with Crippen LogP contribution in [0.5, 0.6) is 0 Å². The van der Waals surface area contributed by atoms with Crippen LogP contribution in [-0.4, -0.2) is 18.4 Å². The van der Waals surface area contributed by atoms with Crippen molar-refractivity contribution in [2.75, 3.05) is 17.2 Å². The molecule has 0 bridgehead atoms. The molecule has 0 aromatic heterocycles. The molecule has 1 aliphatic carbocycles. The summed E-state index contributed by atoms with van der Waals surface area (Å²) in [5.74, 6) is 0.638. The van der Waals surface area contributed by atoms with Crippen molar-refractivity contribution < 1.29 is 9.59 Å². The number of hydrogen-bond donors (Lipinski definition) is 3. The van der Waals surface area contributed by atoms with Crippen LogP contribution in [-0.2, 0) is 9.59 Å². The highest BCUT2D eigenvalue weighted by atomic mass is 16.2. The van der Waals surface area contributed by atoms with Gasteiger partial charge in [-0.1, -0.05) is 38.2 Å². The van der Waals surface area contributed by atoms with E-state index in [-0.39, 0.29) is 18.2 Å². The van der Waals surface area contributed by atoms with E-state index in [1.54, 1.807) is 0 Å². The summed E-state index contributed by atoms with van der Waals surface area (Å²) in [6, 6.07) is 5.57. The van der Waals surface area contributed by atoms with Crippen molar-refractivity contribution in [2.45, 2.75) is 58.3 Å². The summed E-state index contributed by atoms with van der Waals surface area (Å²) < 4.78 is 0. The van der Waals surface area contributed by atoms with E-state index in [9.17, 15) is 9.59 Å². The van der Waals surface area contributed by atoms with Gasteiger partial charge >= 0.3 is 0 Å². The zero-order valence-corrected chi connectivity index (χ0v) is 14.6. The normalized spacial score (nSPS) is 15.1. The van der Waals surface area contributed by atoms with Gasteiger partial charge in [0.15, 0.2) is 0 Å². The number of amides is 2. The lowest BCUT2D eigenvalue weighted by atomic mass is 9.86. The quantitative estimate of drug-likeness (QED) is 0.714. The third-order valence-electron chi connectivity index (χ3n) is 4.67. The zero-order valence-electron chi connectivity index (χ0n) is 14.6. The molecule has 5 heteroatoms. The Morgan fingerprint density at radius 3 is 2.50 bits per heavy atom. The fraction of sp³-hybridized carbons (Fsp3) is 0.579. The minimum Gasteiger partial charge on any atom is -0.330 e. The minimum absolute atomic E-state index is 0.0451. The number of benzene rings is 1. The average molecular weight is 331 g/mol. The molecule has 0 saturated heterocycles. The van der Waals surface area contributed by atoms with Crippen LogP contribution in [0, 0.1) is 12.8 Å². The lowest BCUT2D eigenvalue weighted by Crippen LogP contribution is -2.17. The maximum atomic E-state index is 12.2. The SMILES string of the molecule is Cc1ccc(NC(=O)CCC2CCCCC2)cc1NC(=O)CCN. The van der Waals surface area contributed by atoms with E-state index in [0.29, 0.717) is 18.9 Å². The lowest BCUT2D eigenvalue weighted by molar-refractivity contribution is -0.117. The average Bonchev–Trinajstić information content (AvgIpc) is 2.57. The maximum Gasteiger partial charge on any atom is 0.225 e. The maximum absolute atomic E-state index is 12.2. The molecule has 0 radical (unpaired) electrons. The van der Waals surface area contributed by atoms with Crippen molar-refractivity contribution >= 4 is 23.2 Å². The fourth-order valence-corrected chi connectivity index (χ4v) is 3.21. The second kappa shape index (κ2) is 9.42. The van der Waals surface area contributed by atoms with Crippen molar-refractivity contribution in [3.8, 4) is 0 Å². The molecule has 1 aromatic rings. The number of rotatable bonds is 7. The largest absolute Gasteiger partial charge is 0.330 e. The second-order valence-electron chi connectivity index (χ2n) is 6.71. The molecule has 0 heterocycles. The van der Waals surface area contributed by atoms with Crippen LogP contribution in [0.15, 0.2) is 18.2 Å². The molecule has 24 heavy (non-hydrogen) atoms. The van der Waals surface area contributed by atoms with Crippen molar-refractivity contribution in [1.82, 2.24) is 0 Å². The van der Waals surface area contributed by atoms with E-state index < -0.39 is 0 Å². The van der Waals surface area contributed by atoms with Gasteiger partial charge in [-0.2, -0.15) is 0 Å². The van der Waals surface area contributed by atoms with Gasteiger partial charge in [0.25, 0.3) is 0 Å². The first kappa shape index (κ1) is 18.5. The Kier molecular flexibility index (Phi) is 7.25. The standard InChI is InChI=1S/C19H29N3O2/c1-14-7-9-16(13-17(14)22-19(24)11-12-20)21-18(23)10-8-15-5-3-2-4-6-15/h7,9,13,15H,2-6,8,10-12,20H2,1H3,(H,21,23)(H,22,24). The van der Waals surface area contributed by atoms with Crippen LogP contribution in [0.25, 0.3) is 0 Å². The number of aryl methyl sites for hydroxylation is 1. The molecule has 4 N–H and O–H groups in total. The van der Waals surface area contributed by atoms with Crippen molar-refractivity contribution in [1.29, 1.82) is 0 Å². The molecule has 5 nitrogen and oxygen atoms in total. The van der Waals surface area contributed by atoms with E-state index in [1.807, 2.05) is 25.1 Å². The first-order valence-corrected chi connectivity index (χ1v) is 8.99. The van der Waals surface area contributed by atoms with Crippen molar-refractivity contribution in [2.24, 2.45) is 11.7 Å². The van der Waals surface area contributed by atoms with Crippen molar-refractivity contribution in [3.63, 3.8) is 0 Å². The summed E-state index contributed by atoms with van der Waals surface area (Å²) in [5.41, 5.74) is 7.79. The van der Waals surface area contributed by atoms with E-state index in [1.165, 1.54) is 32.1 Å². The van der Waals surface area contributed by atoms with Gasteiger partial charge in [-0.3, -0.25) is 9.59 Å². The van der Waals surface area contributed by atoms with Gasteiger partial charge < -0.3 is 16.4 Å². The topological polar surface area (TPSA) is 84.2 Å². The third kappa shape index (κ3) is 5.96. The summed E-state index contributed by atoms with van der Waals surface area (Å²) in [6.07, 6.45) is 8.28. The number of anilines is 2. The molecule has 132 valence electrons. The number of hydrogen-bond acceptors (Lipinski definition) is 3. The molecule has 0 spiro atoms. The summed E-state index contributed by atoms with van der Waals surface area (Å²) >= 11 is 0. The van der Waals surface area contributed by atoms with Crippen LogP contribution >= 0.6 is 0 Å². The van der Waals surface area contributed by atoms with Crippen LogP contribution in [0.4, 0.5) is 11.4 Å². The van der Waals surface area contributed by atoms with Gasteiger partial charge in [0.2, 0.25) is 11.8 Å². The van der Waals surface area contributed by atoms with Gasteiger partial charge in [0.1, 0.15) is 0 Å². The predicted octanol–water partition coefficient (Wildman–Crippen LogP) is 3.58. The molecule has 2 rings (SSSR count).